The van der Waals surface area contributed by atoms with Crippen LogP contribution in [-0.2, 0) is 22.7 Å². The molecule has 0 aliphatic heterocycles. The van der Waals surface area contributed by atoms with Gasteiger partial charge in [0.25, 0.3) is 5.91 Å². The number of benzene rings is 2. The van der Waals surface area contributed by atoms with Gasteiger partial charge in [0.2, 0.25) is 5.88 Å². The van der Waals surface area contributed by atoms with Crippen LogP contribution in [0.2, 0.25) is 5.02 Å². The molecule has 3 aromatic rings. The first kappa shape index (κ1) is 27.9. The fourth-order valence-corrected chi connectivity index (χ4v) is 3.94. The zero-order chi connectivity index (χ0) is 26.8. The molecule has 0 bridgehead atoms. The lowest BCUT2D eigenvalue weighted by molar-refractivity contribution is -0.123. The maximum atomic E-state index is 12.2. The highest BCUT2D eigenvalue weighted by Crippen LogP contribution is 2.37. The second-order valence-electron chi connectivity index (χ2n) is 7.68. The van der Waals surface area contributed by atoms with Crippen molar-refractivity contribution in [2.24, 2.45) is 5.10 Å². The predicted octanol–water partition coefficient (Wildman–Crippen LogP) is 4.94. The van der Waals surface area contributed by atoms with Crippen molar-refractivity contribution < 1.29 is 23.7 Å². The van der Waals surface area contributed by atoms with E-state index in [1.165, 1.54) is 20.4 Å². The quantitative estimate of drug-likeness (QED) is 0.250. The number of amides is 1. The average Bonchev–Trinajstić information content (AvgIpc) is 2.87. The van der Waals surface area contributed by atoms with Gasteiger partial charge in [-0.25, -0.2) is 10.4 Å². The molecule has 37 heavy (non-hydrogen) atoms. The topological polar surface area (TPSA) is 115 Å². The molecule has 9 nitrogen and oxygen atoms in total. The van der Waals surface area contributed by atoms with Crippen LogP contribution in [0.25, 0.3) is 0 Å². The molecule has 0 unspecified atom stereocenters. The SMILES string of the molecule is COCc1cc(C)nc(OCC(=O)N/N=C\c2cc(Br)c(OCc3ccc(Cl)cc3)c(OC)c2)c1C#N. The molecule has 0 saturated heterocycles. The fourth-order valence-electron chi connectivity index (χ4n) is 3.24. The number of ether oxygens (including phenoxy) is 4. The van der Waals surface area contributed by atoms with E-state index in [1.807, 2.05) is 18.2 Å². The second kappa shape index (κ2) is 13.6. The van der Waals surface area contributed by atoms with Crippen molar-refractivity contribution in [2.45, 2.75) is 20.1 Å². The number of nitriles is 1. The number of carbonyl (C=O) groups excluding carboxylic acids is 1. The summed E-state index contributed by atoms with van der Waals surface area (Å²) in [7, 11) is 3.06. The van der Waals surface area contributed by atoms with E-state index in [-0.39, 0.29) is 24.7 Å². The number of carbonyl (C=O) groups is 1. The Balaban J connectivity index is 1.61. The third-order valence-corrected chi connectivity index (χ3v) is 5.74. The Bertz CT molecular complexity index is 1330. The molecular weight excluding hydrogens is 564 g/mol. The highest BCUT2D eigenvalue weighted by molar-refractivity contribution is 9.10. The summed E-state index contributed by atoms with van der Waals surface area (Å²) >= 11 is 9.42. The molecule has 11 heteroatoms. The minimum absolute atomic E-state index is 0.0662. The third kappa shape index (κ3) is 7.92. The molecule has 0 fully saturated rings. The van der Waals surface area contributed by atoms with Crippen molar-refractivity contribution in [3.8, 4) is 23.4 Å². The van der Waals surface area contributed by atoms with Crippen molar-refractivity contribution in [1.29, 1.82) is 5.26 Å². The van der Waals surface area contributed by atoms with Gasteiger partial charge in [-0.3, -0.25) is 4.79 Å². The van der Waals surface area contributed by atoms with Crippen molar-refractivity contribution in [2.75, 3.05) is 20.8 Å². The summed E-state index contributed by atoms with van der Waals surface area (Å²) < 4.78 is 22.6. The van der Waals surface area contributed by atoms with Crippen LogP contribution in [0.15, 0.2) is 52.0 Å². The van der Waals surface area contributed by atoms with E-state index in [4.69, 9.17) is 30.5 Å². The summed E-state index contributed by atoms with van der Waals surface area (Å²) in [5.41, 5.74) is 5.48. The van der Waals surface area contributed by atoms with Crippen LogP contribution in [0.5, 0.6) is 17.4 Å². The van der Waals surface area contributed by atoms with Gasteiger partial charge in [-0.2, -0.15) is 10.4 Å². The van der Waals surface area contributed by atoms with Crippen molar-refractivity contribution in [3.63, 3.8) is 0 Å². The van der Waals surface area contributed by atoms with E-state index >= 15 is 0 Å². The number of aromatic nitrogens is 1. The number of nitrogens with zero attached hydrogens (tertiary/aromatic N) is 3. The number of hydrazone groups is 1. The maximum Gasteiger partial charge on any atom is 0.278 e. The smallest absolute Gasteiger partial charge is 0.278 e. The Morgan fingerprint density at radius 3 is 2.62 bits per heavy atom. The van der Waals surface area contributed by atoms with Crippen LogP contribution in [-0.4, -0.2) is 37.9 Å². The summed E-state index contributed by atoms with van der Waals surface area (Å²) in [4.78, 5) is 16.4. The number of pyridine rings is 1. The van der Waals surface area contributed by atoms with Gasteiger partial charge in [0.05, 0.1) is 24.4 Å². The van der Waals surface area contributed by atoms with Gasteiger partial charge in [-0.15, -0.1) is 0 Å². The zero-order valence-corrected chi connectivity index (χ0v) is 22.7. The summed E-state index contributed by atoms with van der Waals surface area (Å²) in [6.45, 7) is 1.94. The van der Waals surface area contributed by atoms with Crippen molar-refractivity contribution in [3.05, 3.63) is 79.9 Å². The third-order valence-electron chi connectivity index (χ3n) is 4.90. The van der Waals surface area contributed by atoms with Crippen LogP contribution in [0, 0.1) is 18.3 Å². The highest BCUT2D eigenvalue weighted by atomic mass is 79.9. The standard InChI is InChI=1S/C26H24BrClN4O5/c1-16-8-19(14-34-2)21(11-29)26(31-16)37-15-24(33)32-30-12-18-9-22(27)25(23(10-18)35-3)36-13-17-4-6-20(28)7-5-17/h4-10,12H,13-15H2,1-3H3,(H,32,33)/b30-12-. The number of hydrogen-bond donors (Lipinski definition) is 1. The largest absolute Gasteiger partial charge is 0.493 e. The normalized spacial score (nSPS) is 10.7. The van der Waals surface area contributed by atoms with Gasteiger partial charge in [0.15, 0.2) is 18.1 Å². The summed E-state index contributed by atoms with van der Waals surface area (Å²) in [6, 6.07) is 14.6. The Labute approximate surface area is 228 Å². The van der Waals surface area contributed by atoms with E-state index in [1.54, 1.807) is 37.3 Å². The number of halogens is 2. The Morgan fingerprint density at radius 2 is 1.95 bits per heavy atom. The lowest BCUT2D eigenvalue weighted by atomic mass is 10.1. The van der Waals surface area contributed by atoms with Crippen LogP contribution in [0.1, 0.15) is 27.9 Å². The fraction of sp³-hybridized carbons (Fsp3) is 0.231. The van der Waals surface area contributed by atoms with E-state index in [2.05, 4.69) is 31.4 Å². The summed E-state index contributed by atoms with van der Waals surface area (Å²) in [5, 5.41) is 14.1. The molecular formula is C26H24BrClN4O5. The summed E-state index contributed by atoms with van der Waals surface area (Å²) in [6.07, 6.45) is 1.45. The molecule has 0 aliphatic rings. The lowest BCUT2D eigenvalue weighted by Gasteiger charge is -2.13. The molecule has 0 atom stereocenters. The molecule has 0 spiro atoms. The van der Waals surface area contributed by atoms with Gasteiger partial charge in [0, 0.05) is 23.4 Å². The Hall–Kier alpha value is -3.65. The molecule has 1 N–H and O–H groups in total. The van der Waals surface area contributed by atoms with E-state index in [0.717, 1.165) is 5.56 Å². The van der Waals surface area contributed by atoms with Gasteiger partial charge < -0.3 is 18.9 Å². The second-order valence-corrected chi connectivity index (χ2v) is 8.97. The molecule has 0 saturated carbocycles. The van der Waals surface area contributed by atoms with E-state index in [0.29, 0.717) is 44.4 Å². The van der Waals surface area contributed by atoms with Gasteiger partial charge in [0.1, 0.15) is 18.2 Å². The molecule has 1 amide bonds. The molecule has 3 rings (SSSR count). The number of methoxy groups -OCH3 is 2. The zero-order valence-electron chi connectivity index (χ0n) is 20.4. The molecule has 2 aromatic carbocycles. The Morgan fingerprint density at radius 1 is 1.19 bits per heavy atom. The van der Waals surface area contributed by atoms with Gasteiger partial charge in [-0.1, -0.05) is 23.7 Å². The minimum atomic E-state index is -0.523. The molecule has 192 valence electrons. The number of nitrogens with one attached hydrogen (secondary N) is 1. The highest BCUT2D eigenvalue weighted by Gasteiger charge is 2.15. The van der Waals surface area contributed by atoms with Crippen molar-refractivity contribution >= 4 is 39.7 Å². The number of rotatable bonds is 11. The van der Waals surface area contributed by atoms with Gasteiger partial charge >= 0.3 is 0 Å². The number of aryl methyl sites for hydroxylation is 1. The monoisotopic (exact) mass is 586 g/mol. The van der Waals surface area contributed by atoms with Crippen LogP contribution >= 0.6 is 27.5 Å². The van der Waals surface area contributed by atoms with Gasteiger partial charge in [-0.05, 0) is 64.3 Å². The van der Waals surface area contributed by atoms with E-state index < -0.39 is 5.91 Å². The predicted molar refractivity (Wildman–Crippen MR) is 142 cm³/mol. The molecule has 1 heterocycles. The minimum Gasteiger partial charge on any atom is -0.493 e. The lowest BCUT2D eigenvalue weighted by Crippen LogP contribution is -2.25. The first-order valence-electron chi connectivity index (χ1n) is 10.9. The first-order valence-corrected chi connectivity index (χ1v) is 12.1. The van der Waals surface area contributed by atoms with Crippen molar-refractivity contribution in [1.82, 2.24) is 10.4 Å². The molecule has 0 radical (unpaired) electrons. The Kier molecular flexibility index (Phi) is 10.3. The van der Waals surface area contributed by atoms with Crippen LogP contribution in [0.3, 0.4) is 0 Å². The molecule has 0 aliphatic carbocycles. The van der Waals surface area contributed by atoms with Crippen LogP contribution < -0.4 is 19.6 Å². The average molecular weight is 588 g/mol. The first-order chi connectivity index (χ1) is 17.8. The summed E-state index contributed by atoms with van der Waals surface area (Å²) in [5.74, 6) is 0.557. The number of hydrogen-bond acceptors (Lipinski definition) is 8. The maximum absolute atomic E-state index is 12.2. The van der Waals surface area contributed by atoms with E-state index in [9.17, 15) is 10.1 Å². The molecule has 1 aromatic heterocycles. The van der Waals surface area contributed by atoms with Crippen LogP contribution in [0.4, 0.5) is 0 Å².